The Balaban J connectivity index is 1.98. The summed E-state index contributed by atoms with van der Waals surface area (Å²) < 4.78 is 0. The molecule has 0 bridgehead atoms. The molecule has 0 aromatic heterocycles. The van der Waals surface area contributed by atoms with Gasteiger partial charge in [0.2, 0.25) is 0 Å². The lowest BCUT2D eigenvalue weighted by Gasteiger charge is -2.06. The summed E-state index contributed by atoms with van der Waals surface area (Å²) >= 11 is 5.84. The van der Waals surface area contributed by atoms with E-state index in [1.54, 1.807) is 24.3 Å². The van der Waals surface area contributed by atoms with Gasteiger partial charge in [0.1, 0.15) is 0 Å². The molecular weight excluding hydrogens is 246 g/mol. The number of aryl methyl sites for hydroxylation is 1. The predicted octanol–water partition coefficient (Wildman–Crippen LogP) is 3.58. The number of rotatable bonds is 3. The Morgan fingerprint density at radius 3 is 2.56 bits per heavy atom. The van der Waals surface area contributed by atoms with Crippen molar-refractivity contribution in [3.63, 3.8) is 0 Å². The predicted molar refractivity (Wildman–Crippen MR) is 73.8 cm³/mol. The average molecular weight is 260 g/mol. The van der Waals surface area contributed by atoms with Crippen molar-refractivity contribution in [3.8, 4) is 0 Å². The first-order valence-corrected chi connectivity index (χ1v) is 6.12. The molecule has 0 saturated carbocycles. The summed E-state index contributed by atoms with van der Waals surface area (Å²) in [5, 5.41) is 3.43. The van der Waals surface area contributed by atoms with Crippen LogP contribution >= 0.6 is 11.6 Å². The van der Waals surface area contributed by atoms with Crippen molar-refractivity contribution in [1.82, 2.24) is 5.32 Å². The lowest BCUT2D eigenvalue weighted by atomic mass is 10.1. The van der Waals surface area contributed by atoms with Crippen LogP contribution in [0.2, 0.25) is 5.02 Å². The van der Waals surface area contributed by atoms with Gasteiger partial charge in [-0.15, -0.1) is 0 Å². The fraction of sp³-hybridized carbons (Fsp3) is 0.133. The summed E-state index contributed by atoms with van der Waals surface area (Å²) in [6.45, 7) is 2.56. The van der Waals surface area contributed by atoms with Crippen molar-refractivity contribution < 1.29 is 4.79 Å². The second-order valence-electron chi connectivity index (χ2n) is 4.18. The third kappa shape index (κ3) is 3.34. The Bertz CT molecular complexity index is 549. The minimum Gasteiger partial charge on any atom is -0.348 e. The molecule has 0 atom stereocenters. The Morgan fingerprint density at radius 2 is 1.89 bits per heavy atom. The second-order valence-corrected chi connectivity index (χ2v) is 4.62. The van der Waals surface area contributed by atoms with Gasteiger partial charge in [0, 0.05) is 17.1 Å². The summed E-state index contributed by atoms with van der Waals surface area (Å²) in [5.41, 5.74) is 2.87. The highest BCUT2D eigenvalue weighted by molar-refractivity contribution is 6.30. The van der Waals surface area contributed by atoms with Crippen LogP contribution in [0.25, 0.3) is 0 Å². The maximum atomic E-state index is 11.9. The molecule has 2 aromatic rings. The fourth-order valence-corrected chi connectivity index (χ4v) is 1.81. The second kappa shape index (κ2) is 5.69. The van der Waals surface area contributed by atoms with Crippen LogP contribution < -0.4 is 5.32 Å². The topological polar surface area (TPSA) is 29.1 Å². The maximum Gasteiger partial charge on any atom is 0.251 e. The zero-order valence-electron chi connectivity index (χ0n) is 10.1. The fourth-order valence-electron chi connectivity index (χ4n) is 1.62. The molecule has 18 heavy (non-hydrogen) atoms. The van der Waals surface area contributed by atoms with Crippen molar-refractivity contribution in [2.24, 2.45) is 0 Å². The van der Waals surface area contributed by atoms with E-state index in [0.717, 1.165) is 5.56 Å². The number of benzene rings is 2. The zero-order chi connectivity index (χ0) is 13.0. The highest BCUT2D eigenvalue weighted by atomic mass is 35.5. The van der Waals surface area contributed by atoms with Crippen molar-refractivity contribution in [1.29, 1.82) is 0 Å². The van der Waals surface area contributed by atoms with Gasteiger partial charge in [-0.25, -0.2) is 0 Å². The summed E-state index contributed by atoms with van der Waals surface area (Å²) in [6, 6.07) is 15.0. The van der Waals surface area contributed by atoms with Crippen LogP contribution in [-0.2, 0) is 6.54 Å². The van der Waals surface area contributed by atoms with E-state index in [-0.39, 0.29) is 5.91 Å². The standard InChI is InChI=1S/C15H14ClNO/c1-11-5-7-12(8-6-11)10-17-15(18)13-3-2-4-14(16)9-13/h2-9H,10H2,1H3,(H,17,18). The van der Waals surface area contributed by atoms with Crippen molar-refractivity contribution in [3.05, 3.63) is 70.2 Å². The number of halogens is 1. The Morgan fingerprint density at radius 1 is 1.17 bits per heavy atom. The smallest absolute Gasteiger partial charge is 0.251 e. The van der Waals surface area contributed by atoms with E-state index < -0.39 is 0 Å². The minimum absolute atomic E-state index is 0.113. The van der Waals surface area contributed by atoms with Gasteiger partial charge >= 0.3 is 0 Å². The van der Waals surface area contributed by atoms with Gasteiger partial charge in [0.25, 0.3) is 5.91 Å². The minimum atomic E-state index is -0.113. The molecular formula is C15H14ClNO. The van der Waals surface area contributed by atoms with Gasteiger partial charge in [-0.2, -0.15) is 0 Å². The van der Waals surface area contributed by atoms with Gasteiger partial charge in [-0.1, -0.05) is 47.5 Å². The van der Waals surface area contributed by atoms with E-state index >= 15 is 0 Å². The monoisotopic (exact) mass is 259 g/mol. The Labute approximate surface area is 112 Å². The van der Waals surface area contributed by atoms with Crippen LogP contribution in [-0.4, -0.2) is 5.91 Å². The maximum absolute atomic E-state index is 11.9. The molecule has 0 fully saturated rings. The molecule has 2 nitrogen and oxygen atoms in total. The third-order valence-electron chi connectivity index (χ3n) is 2.66. The van der Waals surface area contributed by atoms with Crippen LogP contribution in [0.5, 0.6) is 0 Å². The van der Waals surface area contributed by atoms with E-state index in [0.29, 0.717) is 17.1 Å². The molecule has 1 amide bonds. The van der Waals surface area contributed by atoms with Crippen molar-refractivity contribution in [2.75, 3.05) is 0 Å². The number of hydrogen-bond acceptors (Lipinski definition) is 1. The molecule has 0 aliphatic rings. The molecule has 92 valence electrons. The summed E-state index contributed by atoms with van der Waals surface area (Å²) in [7, 11) is 0. The van der Waals surface area contributed by atoms with Crippen LogP contribution in [0.15, 0.2) is 48.5 Å². The first-order valence-electron chi connectivity index (χ1n) is 5.74. The lowest BCUT2D eigenvalue weighted by molar-refractivity contribution is 0.0951. The van der Waals surface area contributed by atoms with Gasteiger partial charge in [-0.05, 0) is 30.7 Å². The Kier molecular flexibility index (Phi) is 4.00. The molecule has 0 aliphatic heterocycles. The molecule has 2 rings (SSSR count). The first kappa shape index (κ1) is 12.7. The molecule has 0 spiro atoms. The van der Waals surface area contributed by atoms with Crippen LogP contribution in [0.3, 0.4) is 0 Å². The van der Waals surface area contributed by atoms with Gasteiger partial charge < -0.3 is 5.32 Å². The van der Waals surface area contributed by atoms with Crippen LogP contribution in [0, 0.1) is 6.92 Å². The summed E-state index contributed by atoms with van der Waals surface area (Å²) in [5.74, 6) is -0.113. The quantitative estimate of drug-likeness (QED) is 0.897. The summed E-state index contributed by atoms with van der Waals surface area (Å²) in [4.78, 5) is 11.9. The number of carbonyl (C=O) groups is 1. The summed E-state index contributed by atoms with van der Waals surface area (Å²) in [6.07, 6.45) is 0. The number of hydrogen-bond donors (Lipinski definition) is 1. The molecule has 3 heteroatoms. The average Bonchev–Trinajstić information content (AvgIpc) is 2.38. The highest BCUT2D eigenvalue weighted by Crippen LogP contribution is 2.10. The van der Waals surface area contributed by atoms with Crippen molar-refractivity contribution >= 4 is 17.5 Å². The molecule has 0 heterocycles. The molecule has 0 radical (unpaired) electrons. The Hall–Kier alpha value is -1.80. The lowest BCUT2D eigenvalue weighted by Crippen LogP contribution is -2.22. The van der Waals surface area contributed by atoms with Crippen LogP contribution in [0.1, 0.15) is 21.5 Å². The van der Waals surface area contributed by atoms with E-state index in [9.17, 15) is 4.79 Å². The number of carbonyl (C=O) groups excluding carboxylic acids is 1. The van der Waals surface area contributed by atoms with Gasteiger partial charge in [0.15, 0.2) is 0 Å². The first-order chi connectivity index (χ1) is 8.65. The van der Waals surface area contributed by atoms with Crippen molar-refractivity contribution in [2.45, 2.75) is 13.5 Å². The van der Waals surface area contributed by atoms with E-state index in [2.05, 4.69) is 5.32 Å². The van der Waals surface area contributed by atoms with Gasteiger partial charge in [-0.3, -0.25) is 4.79 Å². The van der Waals surface area contributed by atoms with E-state index in [1.165, 1.54) is 5.56 Å². The molecule has 1 N–H and O–H groups in total. The van der Waals surface area contributed by atoms with E-state index in [4.69, 9.17) is 11.6 Å². The van der Waals surface area contributed by atoms with Gasteiger partial charge in [0.05, 0.1) is 0 Å². The SMILES string of the molecule is Cc1ccc(CNC(=O)c2cccc(Cl)c2)cc1. The largest absolute Gasteiger partial charge is 0.348 e. The number of nitrogens with one attached hydrogen (secondary N) is 1. The number of amides is 1. The zero-order valence-corrected chi connectivity index (χ0v) is 10.9. The highest BCUT2D eigenvalue weighted by Gasteiger charge is 2.05. The normalized spacial score (nSPS) is 10.1. The molecule has 0 aliphatic carbocycles. The molecule has 2 aromatic carbocycles. The molecule has 0 saturated heterocycles. The van der Waals surface area contributed by atoms with Crippen LogP contribution in [0.4, 0.5) is 0 Å². The molecule has 0 unspecified atom stereocenters. The van der Waals surface area contributed by atoms with E-state index in [1.807, 2.05) is 31.2 Å². The third-order valence-corrected chi connectivity index (χ3v) is 2.90.